The lowest BCUT2D eigenvalue weighted by Gasteiger charge is -2.31. The Balaban J connectivity index is 2.25. The number of rotatable bonds is 4. The molecule has 0 aliphatic heterocycles. The van der Waals surface area contributed by atoms with E-state index in [1.165, 1.54) is 19.3 Å². The molecule has 1 heterocycles. The summed E-state index contributed by atoms with van der Waals surface area (Å²) in [5.41, 5.74) is 7.31. The van der Waals surface area contributed by atoms with Crippen LogP contribution in [-0.4, -0.2) is 29.6 Å². The summed E-state index contributed by atoms with van der Waals surface area (Å²) in [7, 11) is 2.01. The third kappa shape index (κ3) is 2.55. The summed E-state index contributed by atoms with van der Waals surface area (Å²) in [6.07, 6.45) is 3.90. The van der Waals surface area contributed by atoms with Gasteiger partial charge in [-0.05, 0) is 37.8 Å². The van der Waals surface area contributed by atoms with E-state index in [1.54, 1.807) is 0 Å². The first-order valence-corrected chi connectivity index (χ1v) is 6.28. The maximum absolute atomic E-state index is 8.82. The van der Waals surface area contributed by atoms with Crippen molar-refractivity contribution in [2.45, 2.75) is 26.2 Å². The molecule has 1 aromatic rings. The van der Waals surface area contributed by atoms with Crippen LogP contribution in [0.1, 0.15) is 30.5 Å². The highest BCUT2D eigenvalue weighted by molar-refractivity contribution is 6.01. The Labute approximate surface area is 107 Å². The molecule has 3 N–H and O–H groups in total. The van der Waals surface area contributed by atoms with Crippen LogP contribution in [0.15, 0.2) is 17.3 Å². The first-order chi connectivity index (χ1) is 8.61. The third-order valence-corrected chi connectivity index (χ3v) is 3.52. The van der Waals surface area contributed by atoms with Gasteiger partial charge in [-0.3, -0.25) is 0 Å². The molecule has 1 fully saturated rings. The highest BCUT2D eigenvalue weighted by Gasteiger charge is 2.21. The Hall–Kier alpha value is -1.78. The maximum Gasteiger partial charge on any atom is 0.173 e. The molecule has 0 bridgehead atoms. The maximum atomic E-state index is 8.82. The lowest BCUT2D eigenvalue weighted by Crippen LogP contribution is -2.32. The normalized spacial score (nSPS) is 16.4. The zero-order valence-corrected chi connectivity index (χ0v) is 10.9. The van der Waals surface area contributed by atoms with E-state index in [9.17, 15) is 0 Å². The number of nitrogens with zero attached hydrogens (tertiary/aromatic N) is 3. The SMILES string of the molecule is Cc1ccc(C(N)=NO)c(N(C)CC2CCC2)n1. The molecule has 1 saturated carbocycles. The van der Waals surface area contributed by atoms with E-state index in [0.717, 1.165) is 24.0 Å². The van der Waals surface area contributed by atoms with Gasteiger partial charge in [-0.15, -0.1) is 0 Å². The molecule has 5 heteroatoms. The van der Waals surface area contributed by atoms with E-state index < -0.39 is 0 Å². The minimum absolute atomic E-state index is 0.109. The molecule has 98 valence electrons. The quantitative estimate of drug-likeness (QED) is 0.368. The summed E-state index contributed by atoms with van der Waals surface area (Å²) in [5, 5.41) is 11.9. The van der Waals surface area contributed by atoms with Crippen LogP contribution in [0.3, 0.4) is 0 Å². The monoisotopic (exact) mass is 248 g/mol. The van der Waals surface area contributed by atoms with Crippen LogP contribution in [0.5, 0.6) is 0 Å². The van der Waals surface area contributed by atoms with Gasteiger partial charge in [0.2, 0.25) is 0 Å². The van der Waals surface area contributed by atoms with Crippen LogP contribution >= 0.6 is 0 Å². The Morgan fingerprint density at radius 1 is 1.56 bits per heavy atom. The summed E-state index contributed by atoms with van der Waals surface area (Å²) in [4.78, 5) is 6.61. The van der Waals surface area contributed by atoms with Gasteiger partial charge in [0.1, 0.15) is 5.82 Å². The van der Waals surface area contributed by atoms with Gasteiger partial charge in [0.25, 0.3) is 0 Å². The molecule has 0 spiro atoms. The fourth-order valence-electron chi connectivity index (χ4n) is 2.24. The van der Waals surface area contributed by atoms with Gasteiger partial charge in [0.05, 0.1) is 5.56 Å². The van der Waals surface area contributed by atoms with E-state index in [4.69, 9.17) is 10.9 Å². The second-order valence-corrected chi connectivity index (χ2v) is 4.99. The second kappa shape index (κ2) is 5.25. The van der Waals surface area contributed by atoms with Crippen molar-refractivity contribution >= 4 is 11.7 Å². The number of amidine groups is 1. The molecule has 5 nitrogen and oxygen atoms in total. The van der Waals surface area contributed by atoms with Crippen molar-refractivity contribution < 1.29 is 5.21 Å². The lowest BCUT2D eigenvalue weighted by atomic mass is 9.85. The lowest BCUT2D eigenvalue weighted by molar-refractivity contribution is 0.318. The number of aromatic nitrogens is 1. The Morgan fingerprint density at radius 3 is 2.83 bits per heavy atom. The molecule has 0 atom stereocenters. The highest BCUT2D eigenvalue weighted by Crippen LogP contribution is 2.28. The summed E-state index contributed by atoms with van der Waals surface area (Å²) in [5.74, 6) is 1.65. The van der Waals surface area contributed by atoms with E-state index in [2.05, 4.69) is 15.0 Å². The van der Waals surface area contributed by atoms with Crippen molar-refractivity contribution in [3.05, 3.63) is 23.4 Å². The number of oxime groups is 1. The van der Waals surface area contributed by atoms with Crippen LogP contribution < -0.4 is 10.6 Å². The molecule has 0 amide bonds. The fraction of sp³-hybridized carbons (Fsp3) is 0.538. The molecular weight excluding hydrogens is 228 g/mol. The molecule has 2 rings (SSSR count). The predicted octanol–water partition coefficient (Wildman–Crippen LogP) is 1.72. The zero-order chi connectivity index (χ0) is 13.1. The van der Waals surface area contributed by atoms with Gasteiger partial charge in [-0.25, -0.2) is 4.98 Å². The zero-order valence-electron chi connectivity index (χ0n) is 10.9. The van der Waals surface area contributed by atoms with E-state index in [1.807, 2.05) is 26.1 Å². The van der Waals surface area contributed by atoms with Crippen LogP contribution in [0.4, 0.5) is 5.82 Å². The van der Waals surface area contributed by atoms with Crippen molar-refractivity contribution in [2.24, 2.45) is 16.8 Å². The average molecular weight is 248 g/mol. The fourth-order valence-corrected chi connectivity index (χ4v) is 2.24. The van der Waals surface area contributed by atoms with Gasteiger partial charge in [0.15, 0.2) is 5.84 Å². The van der Waals surface area contributed by atoms with Crippen LogP contribution in [0.25, 0.3) is 0 Å². The van der Waals surface area contributed by atoms with Crippen molar-refractivity contribution in [3.63, 3.8) is 0 Å². The smallest absolute Gasteiger partial charge is 0.173 e. The van der Waals surface area contributed by atoms with Gasteiger partial charge < -0.3 is 15.8 Å². The molecule has 18 heavy (non-hydrogen) atoms. The van der Waals surface area contributed by atoms with Gasteiger partial charge in [-0.1, -0.05) is 11.6 Å². The number of anilines is 1. The van der Waals surface area contributed by atoms with E-state index >= 15 is 0 Å². The van der Waals surface area contributed by atoms with Crippen molar-refractivity contribution in [2.75, 3.05) is 18.5 Å². The first kappa shape index (κ1) is 12.7. The standard InChI is InChI=1S/C13H20N4O/c1-9-6-7-11(12(14)16-18)13(15-9)17(2)8-10-4-3-5-10/h6-7,10,18H,3-5,8H2,1-2H3,(H2,14,16). The van der Waals surface area contributed by atoms with Crippen LogP contribution in [0, 0.1) is 12.8 Å². The number of hydrogen-bond acceptors (Lipinski definition) is 4. The molecule has 0 saturated heterocycles. The third-order valence-electron chi connectivity index (χ3n) is 3.52. The molecule has 0 unspecified atom stereocenters. The van der Waals surface area contributed by atoms with Crippen molar-refractivity contribution in [1.82, 2.24) is 4.98 Å². The highest BCUT2D eigenvalue weighted by atomic mass is 16.4. The Kier molecular flexibility index (Phi) is 3.69. The number of nitrogens with two attached hydrogens (primary N) is 1. The summed E-state index contributed by atoms with van der Waals surface area (Å²) in [6.45, 7) is 2.92. The first-order valence-electron chi connectivity index (χ1n) is 6.28. The van der Waals surface area contributed by atoms with Gasteiger partial charge in [-0.2, -0.15) is 0 Å². The predicted molar refractivity (Wildman–Crippen MR) is 72.1 cm³/mol. The Morgan fingerprint density at radius 2 is 2.28 bits per heavy atom. The molecule has 1 aromatic heterocycles. The molecule has 0 radical (unpaired) electrons. The molecular formula is C13H20N4O. The minimum atomic E-state index is 0.109. The topological polar surface area (TPSA) is 74.7 Å². The van der Waals surface area contributed by atoms with Gasteiger partial charge >= 0.3 is 0 Å². The minimum Gasteiger partial charge on any atom is -0.409 e. The number of hydrogen-bond donors (Lipinski definition) is 2. The largest absolute Gasteiger partial charge is 0.409 e. The Bertz CT molecular complexity index is 454. The van der Waals surface area contributed by atoms with E-state index in [0.29, 0.717) is 5.56 Å². The van der Waals surface area contributed by atoms with Gasteiger partial charge in [0, 0.05) is 19.3 Å². The number of aryl methyl sites for hydroxylation is 1. The average Bonchev–Trinajstić information content (AvgIpc) is 2.32. The van der Waals surface area contributed by atoms with Crippen LogP contribution in [0.2, 0.25) is 0 Å². The molecule has 0 aromatic carbocycles. The number of pyridine rings is 1. The second-order valence-electron chi connectivity index (χ2n) is 4.99. The summed E-state index contributed by atoms with van der Waals surface area (Å²) >= 11 is 0. The van der Waals surface area contributed by atoms with Crippen molar-refractivity contribution in [1.29, 1.82) is 0 Å². The summed E-state index contributed by atoms with van der Waals surface area (Å²) in [6, 6.07) is 3.72. The summed E-state index contributed by atoms with van der Waals surface area (Å²) < 4.78 is 0. The molecule has 1 aliphatic rings. The van der Waals surface area contributed by atoms with Crippen molar-refractivity contribution in [3.8, 4) is 0 Å². The van der Waals surface area contributed by atoms with Crippen LogP contribution in [-0.2, 0) is 0 Å². The molecule has 1 aliphatic carbocycles. The van der Waals surface area contributed by atoms with E-state index in [-0.39, 0.29) is 5.84 Å².